The number of rotatable bonds is 5. The summed E-state index contributed by atoms with van der Waals surface area (Å²) in [5.74, 6) is 3.46. The summed E-state index contributed by atoms with van der Waals surface area (Å²) in [6, 6.07) is 5.89. The lowest BCUT2D eigenvalue weighted by Crippen LogP contribution is -2.19. The van der Waals surface area contributed by atoms with Gasteiger partial charge in [0.2, 0.25) is 0 Å². The van der Waals surface area contributed by atoms with E-state index in [1.54, 1.807) is 14.2 Å². The van der Waals surface area contributed by atoms with Crippen molar-refractivity contribution in [2.75, 3.05) is 21.3 Å². The van der Waals surface area contributed by atoms with Crippen molar-refractivity contribution >= 4 is 0 Å². The van der Waals surface area contributed by atoms with Gasteiger partial charge in [0.25, 0.3) is 0 Å². The van der Waals surface area contributed by atoms with Crippen molar-refractivity contribution in [2.45, 2.75) is 26.8 Å². The Balaban J connectivity index is 2.56. The van der Waals surface area contributed by atoms with Crippen LogP contribution < -0.4 is 14.8 Å². The lowest BCUT2D eigenvalue weighted by atomic mass is 9.94. The summed E-state index contributed by atoms with van der Waals surface area (Å²) < 4.78 is 16.6. The molecule has 0 aliphatic heterocycles. The van der Waals surface area contributed by atoms with Gasteiger partial charge in [0.05, 0.1) is 20.3 Å². The van der Waals surface area contributed by atoms with Crippen molar-refractivity contribution in [1.29, 1.82) is 0 Å². The van der Waals surface area contributed by atoms with Crippen LogP contribution in [-0.4, -0.2) is 21.3 Å². The number of hydrogen-bond donors (Lipinski definition) is 1. The van der Waals surface area contributed by atoms with Gasteiger partial charge < -0.3 is 19.2 Å². The SMILES string of the molecule is CNC(c1ccc(OC)cc1OC)c1c(C)oc(C)c1C. The Morgan fingerprint density at radius 3 is 2.24 bits per heavy atom. The Morgan fingerprint density at radius 2 is 1.76 bits per heavy atom. The third-order valence-corrected chi connectivity index (χ3v) is 3.95. The molecular formula is C17H23NO3. The maximum Gasteiger partial charge on any atom is 0.127 e. The van der Waals surface area contributed by atoms with Gasteiger partial charge in [0, 0.05) is 17.2 Å². The largest absolute Gasteiger partial charge is 0.497 e. The van der Waals surface area contributed by atoms with Crippen LogP contribution in [-0.2, 0) is 0 Å². The van der Waals surface area contributed by atoms with E-state index in [1.807, 2.05) is 39.1 Å². The van der Waals surface area contributed by atoms with Gasteiger partial charge in [-0.3, -0.25) is 0 Å². The van der Waals surface area contributed by atoms with Crippen LogP contribution in [0, 0.1) is 20.8 Å². The van der Waals surface area contributed by atoms with Gasteiger partial charge in [0.1, 0.15) is 23.0 Å². The maximum atomic E-state index is 5.76. The first-order chi connectivity index (χ1) is 10.0. The lowest BCUT2D eigenvalue weighted by Gasteiger charge is -2.20. The summed E-state index contributed by atoms with van der Waals surface area (Å²) in [6.07, 6.45) is 0. The molecule has 1 unspecified atom stereocenters. The fourth-order valence-electron chi connectivity index (χ4n) is 2.75. The molecule has 21 heavy (non-hydrogen) atoms. The molecule has 1 heterocycles. The molecule has 2 rings (SSSR count). The van der Waals surface area contributed by atoms with Crippen molar-refractivity contribution in [3.05, 3.63) is 46.4 Å². The van der Waals surface area contributed by atoms with Gasteiger partial charge in [-0.2, -0.15) is 0 Å². The van der Waals surface area contributed by atoms with Crippen LogP contribution >= 0.6 is 0 Å². The molecule has 0 saturated carbocycles. The van der Waals surface area contributed by atoms with Crippen LogP contribution in [0.1, 0.15) is 34.3 Å². The Morgan fingerprint density at radius 1 is 1.05 bits per heavy atom. The summed E-state index contributed by atoms with van der Waals surface area (Å²) in [5.41, 5.74) is 3.40. The molecule has 2 aromatic rings. The van der Waals surface area contributed by atoms with Crippen molar-refractivity contribution in [3.63, 3.8) is 0 Å². The molecule has 114 valence electrons. The Labute approximate surface area is 126 Å². The number of methoxy groups -OCH3 is 2. The predicted molar refractivity (Wildman–Crippen MR) is 83.4 cm³/mol. The van der Waals surface area contributed by atoms with Gasteiger partial charge in [-0.15, -0.1) is 0 Å². The van der Waals surface area contributed by atoms with Gasteiger partial charge in [-0.1, -0.05) is 0 Å². The summed E-state index contributed by atoms with van der Waals surface area (Å²) in [6.45, 7) is 6.07. The minimum Gasteiger partial charge on any atom is -0.497 e. The van der Waals surface area contributed by atoms with Crippen LogP contribution in [0.5, 0.6) is 11.5 Å². The first-order valence-corrected chi connectivity index (χ1v) is 6.99. The maximum absolute atomic E-state index is 5.76. The predicted octanol–water partition coefficient (Wildman–Crippen LogP) is 3.53. The smallest absolute Gasteiger partial charge is 0.127 e. The third-order valence-electron chi connectivity index (χ3n) is 3.95. The zero-order valence-corrected chi connectivity index (χ0v) is 13.5. The summed E-state index contributed by atoms with van der Waals surface area (Å²) in [5, 5.41) is 3.36. The minimum absolute atomic E-state index is 0.0170. The zero-order chi connectivity index (χ0) is 15.6. The highest BCUT2D eigenvalue weighted by atomic mass is 16.5. The zero-order valence-electron chi connectivity index (χ0n) is 13.5. The number of benzene rings is 1. The first-order valence-electron chi connectivity index (χ1n) is 6.99. The van der Waals surface area contributed by atoms with E-state index in [4.69, 9.17) is 13.9 Å². The highest BCUT2D eigenvalue weighted by Crippen LogP contribution is 2.37. The molecule has 0 spiro atoms. The summed E-state index contributed by atoms with van der Waals surface area (Å²) in [7, 11) is 5.26. The Bertz CT molecular complexity index is 631. The van der Waals surface area contributed by atoms with E-state index in [2.05, 4.69) is 12.2 Å². The highest BCUT2D eigenvalue weighted by Gasteiger charge is 2.24. The number of hydrogen-bond acceptors (Lipinski definition) is 4. The molecule has 0 aliphatic rings. The molecule has 0 aliphatic carbocycles. The summed E-state index contributed by atoms with van der Waals surface area (Å²) >= 11 is 0. The van der Waals surface area contributed by atoms with Crippen LogP contribution in [0.3, 0.4) is 0 Å². The third kappa shape index (κ3) is 2.76. The van der Waals surface area contributed by atoms with Crippen molar-refractivity contribution in [2.24, 2.45) is 0 Å². The van der Waals surface area contributed by atoms with Crippen molar-refractivity contribution in [3.8, 4) is 11.5 Å². The average Bonchev–Trinajstić information content (AvgIpc) is 2.74. The number of ether oxygens (including phenoxy) is 2. The topological polar surface area (TPSA) is 43.6 Å². The molecule has 0 radical (unpaired) electrons. The molecule has 1 aromatic heterocycles. The molecule has 4 nitrogen and oxygen atoms in total. The normalized spacial score (nSPS) is 12.3. The molecule has 0 fully saturated rings. The molecule has 0 amide bonds. The molecule has 1 aromatic carbocycles. The van der Waals surface area contributed by atoms with Crippen molar-refractivity contribution in [1.82, 2.24) is 5.32 Å². The quantitative estimate of drug-likeness (QED) is 0.914. The molecule has 0 bridgehead atoms. The number of nitrogens with one attached hydrogen (secondary N) is 1. The second-order valence-electron chi connectivity index (χ2n) is 5.08. The van der Waals surface area contributed by atoms with Crippen LogP contribution in [0.25, 0.3) is 0 Å². The molecular weight excluding hydrogens is 266 g/mol. The highest BCUT2D eigenvalue weighted by molar-refractivity contribution is 5.48. The van der Waals surface area contributed by atoms with E-state index in [-0.39, 0.29) is 6.04 Å². The Kier molecular flexibility index (Phi) is 4.58. The molecule has 1 N–H and O–H groups in total. The van der Waals surface area contributed by atoms with E-state index in [0.717, 1.165) is 28.6 Å². The van der Waals surface area contributed by atoms with E-state index < -0.39 is 0 Å². The number of aryl methyl sites for hydroxylation is 2. The second-order valence-corrected chi connectivity index (χ2v) is 5.08. The Hall–Kier alpha value is -1.94. The summed E-state index contributed by atoms with van der Waals surface area (Å²) in [4.78, 5) is 0. The van der Waals surface area contributed by atoms with Gasteiger partial charge >= 0.3 is 0 Å². The minimum atomic E-state index is 0.0170. The van der Waals surface area contributed by atoms with E-state index >= 15 is 0 Å². The fraction of sp³-hybridized carbons (Fsp3) is 0.412. The van der Waals surface area contributed by atoms with Crippen molar-refractivity contribution < 1.29 is 13.9 Å². The molecule has 1 atom stereocenters. The van der Waals surface area contributed by atoms with Gasteiger partial charge in [0.15, 0.2) is 0 Å². The fourth-order valence-corrected chi connectivity index (χ4v) is 2.75. The second kappa shape index (κ2) is 6.22. The first kappa shape index (κ1) is 15.4. The van der Waals surface area contributed by atoms with Crippen LogP contribution in [0.2, 0.25) is 0 Å². The van der Waals surface area contributed by atoms with Crippen LogP contribution in [0.4, 0.5) is 0 Å². The van der Waals surface area contributed by atoms with Gasteiger partial charge in [-0.25, -0.2) is 0 Å². The molecule has 4 heteroatoms. The van der Waals surface area contributed by atoms with E-state index in [1.165, 1.54) is 11.1 Å². The van der Waals surface area contributed by atoms with E-state index in [0.29, 0.717) is 0 Å². The standard InChI is InChI=1S/C17H23NO3/c1-10-11(2)21-12(3)16(10)17(18-4)14-8-7-13(19-5)9-15(14)20-6/h7-9,17-18H,1-6H3. The number of furan rings is 1. The molecule has 0 saturated heterocycles. The van der Waals surface area contributed by atoms with Gasteiger partial charge in [-0.05, 0) is 45.5 Å². The monoisotopic (exact) mass is 289 g/mol. The lowest BCUT2D eigenvalue weighted by molar-refractivity contribution is 0.388. The van der Waals surface area contributed by atoms with E-state index in [9.17, 15) is 0 Å². The average molecular weight is 289 g/mol. The van der Waals surface area contributed by atoms with Crippen LogP contribution in [0.15, 0.2) is 22.6 Å².